The van der Waals surface area contributed by atoms with Crippen LogP contribution in [-0.4, -0.2) is 14.8 Å². The van der Waals surface area contributed by atoms with Crippen molar-refractivity contribution < 1.29 is 0 Å². The van der Waals surface area contributed by atoms with Crippen molar-refractivity contribution in [3.8, 4) is 12.3 Å². The van der Waals surface area contributed by atoms with E-state index in [-0.39, 0.29) is 12.1 Å². The van der Waals surface area contributed by atoms with E-state index in [1.807, 2.05) is 12.3 Å². The van der Waals surface area contributed by atoms with Gasteiger partial charge in [-0.25, -0.2) is 9.67 Å². The van der Waals surface area contributed by atoms with Crippen LogP contribution in [0.4, 0.5) is 5.69 Å². The van der Waals surface area contributed by atoms with Crippen LogP contribution in [0, 0.1) is 19.3 Å². The van der Waals surface area contributed by atoms with E-state index >= 15 is 0 Å². The molecule has 0 aromatic carbocycles. The number of terminal acetylenes is 1. The molecule has 0 saturated carbocycles. The Kier molecular flexibility index (Phi) is 4.35. The minimum absolute atomic E-state index is 0.156. The molecule has 0 aliphatic heterocycles. The molecule has 0 amide bonds. The highest BCUT2D eigenvalue weighted by Crippen LogP contribution is 2.17. The number of aryl methyl sites for hydroxylation is 1. The van der Waals surface area contributed by atoms with E-state index in [0.717, 1.165) is 10.7 Å². The number of hydrogen-bond donors (Lipinski definition) is 1. The van der Waals surface area contributed by atoms with Gasteiger partial charge in [0.05, 0.1) is 29.1 Å². The molecule has 1 N–H and O–H groups in total. The van der Waals surface area contributed by atoms with Crippen molar-refractivity contribution in [2.75, 3.05) is 5.32 Å². The molecule has 2 rings (SSSR count). The smallest absolute Gasteiger partial charge is 0.284 e. The third kappa shape index (κ3) is 3.22. The van der Waals surface area contributed by atoms with Crippen LogP contribution in [0.1, 0.15) is 10.7 Å². The Labute approximate surface area is 122 Å². The largest absolute Gasteiger partial charge is 0.377 e. The summed E-state index contributed by atoms with van der Waals surface area (Å²) >= 11 is 4.85. The zero-order valence-corrected chi connectivity index (χ0v) is 12.6. The lowest BCUT2D eigenvalue weighted by atomic mass is 10.4. The van der Waals surface area contributed by atoms with Crippen LogP contribution in [0.15, 0.2) is 20.8 Å². The molecule has 0 aliphatic rings. The Hall–Kier alpha value is -1.65. The second kappa shape index (κ2) is 5.99. The molecule has 0 aliphatic carbocycles. The summed E-state index contributed by atoms with van der Waals surface area (Å²) in [7, 11) is 0. The first kappa shape index (κ1) is 13.8. The van der Waals surface area contributed by atoms with E-state index in [9.17, 15) is 4.79 Å². The highest BCUT2D eigenvalue weighted by atomic mass is 79.9. The van der Waals surface area contributed by atoms with Gasteiger partial charge in [-0.2, -0.15) is 5.10 Å². The zero-order valence-electron chi connectivity index (χ0n) is 10.2. The van der Waals surface area contributed by atoms with Gasteiger partial charge in [-0.1, -0.05) is 5.92 Å². The van der Waals surface area contributed by atoms with Gasteiger partial charge in [-0.05, 0) is 22.9 Å². The van der Waals surface area contributed by atoms with Gasteiger partial charge >= 0.3 is 0 Å². The molecule has 2 aromatic heterocycles. The molecular formula is C12H11BrN4OS. The van der Waals surface area contributed by atoms with E-state index in [0.29, 0.717) is 16.7 Å². The summed E-state index contributed by atoms with van der Waals surface area (Å²) in [5.41, 5.74) is 1.31. The van der Waals surface area contributed by atoms with Gasteiger partial charge in [0.1, 0.15) is 11.0 Å². The fraction of sp³-hybridized carbons (Fsp3) is 0.250. The Balaban J connectivity index is 2.16. The van der Waals surface area contributed by atoms with Gasteiger partial charge in [-0.3, -0.25) is 4.79 Å². The molecule has 7 heteroatoms. The molecule has 0 fully saturated rings. The van der Waals surface area contributed by atoms with Crippen LogP contribution >= 0.6 is 27.3 Å². The van der Waals surface area contributed by atoms with Crippen molar-refractivity contribution in [1.82, 2.24) is 14.8 Å². The first-order valence-electron chi connectivity index (χ1n) is 5.45. The summed E-state index contributed by atoms with van der Waals surface area (Å²) in [5, 5.41) is 10.1. The first-order chi connectivity index (χ1) is 9.11. The lowest BCUT2D eigenvalue weighted by Crippen LogP contribution is -2.24. The molecule has 19 heavy (non-hydrogen) atoms. The summed E-state index contributed by atoms with van der Waals surface area (Å²) in [5.74, 6) is 2.38. The fourth-order valence-corrected chi connectivity index (χ4v) is 2.52. The molecular weight excluding hydrogens is 328 g/mol. The second-order valence-corrected chi connectivity index (χ2v) is 5.61. The molecule has 2 aromatic rings. The summed E-state index contributed by atoms with van der Waals surface area (Å²) < 4.78 is 1.65. The first-order valence-corrected chi connectivity index (χ1v) is 7.13. The van der Waals surface area contributed by atoms with Gasteiger partial charge < -0.3 is 5.32 Å². The third-order valence-electron chi connectivity index (χ3n) is 2.35. The molecule has 5 nitrogen and oxygen atoms in total. The van der Waals surface area contributed by atoms with E-state index < -0.39 is 0 Å². The number of aromatic nitrogens is 3. The van der Waals surface area contributed by atoms with Crippen LogP contribution < -0.4 is 10.9 Å². The number of hydrogen-bond acceptors (Lipinski definition) is 5. The minimum Gasteiger partial charge on any atom is -0.377 e. The van der Waals surface area contributed by atoms with Crippen molar-refractivity contribution in [2.45, 2.75) is 20.0 Å². The molecule has 98 valence electrons. The van der Waals surface area contributed by atoms with Crippen molar-refractivity contribution in [3.05, 3.63) is 37.1 Å². The lowest BCUT2D eigenvalue weighted by molar-refractivity contribution is 0.659. The van der Waals surface area contributed by atoms with Crippen LogP contribution in [0.3, 0.4) is 0 Å². The minimum atomic E-state index is -0.252. The van der Waals surface area contributed by atoms with Gasteiger partial charge in [-0.15, -0.1) is 17.8 Å². The summed E-state index contributed by atoms with van der Waals surface area (Å²) in [4.78, 5) is 16.2. The predicted octanol–water partition coefficient (Wildman–Crippen LogP) is 2.02. The number of nitrogens with one attached hydrogen (secondary N) is 1. The number of nitrogens with zero attached hydrogens (tertiary/aromatic N) is 3. The molecule has 0 atom stereocenters. The zero-order chi connectivity index (χ0) is 13.8. The van der Waals surface area contributed by atoms with Gasteiger partial charge in [0, 0.05) is 5.38 Å². The average molecular weight is 339 g/mol. The molecule has 0 radical (unpaired) electrons. The number of rotatable bonds is 4. The van der Waals surface area contributed by atoms with Crippen LogP contribution in [0.25, 0.3) is 0 Å². The lowest BCUT2D eigenvalue weighted by Gasteiger charge is -2.08. The van der Waals surface area contributed by atoms with Gasteiger partial charge in [0.15, 0.2) is 0 Å². The SMILES string of the molecule is C#CCn1ncc(NCc2csc(C)n2)c(Br)c1=O. The summed E-state index contributed by atoms with van der Waals surface area (Å²) in [6.45, 7) is 2.65. The summed E-state index contributed by atoms with van der Waals surface area (Å²) in [6.07, 6.45) is 6.74. The Morgan fingerprint density at radius 1 is 1.63 bits per heavy atom. The Bertz CT molecular complexity index is 686. The molecule has 0 saturated heterocycles. The molecule has 2 heterocycles. The van der Waals surface area contributed by atoms with E-state index in [2.05, 4.69) is 37.2 Å². The highest BCUT2D eigenvalue weighted by molar-refractivity contribution is 9.10. The maximum absolute atomic E-state index is 11.9. The Morgan fingerprint density at radius 3 is 3.05 bits per heavy atom. The summed E-state index contributed by atoms with van der Waals surface area (Å²) in [6, 6.07) is 0. The van der Waals surface area contributed by atoms with Crippen molar-refractivity contribution in [1.29, 1.82) is 0 Å². The van der Waals surface area contributed by atoms with Crippen LogP contribution in [0.2, 0.25) is 0 Å². The van der Waals surface area contributed by atoms with Gasteiger partial charge in [0.2, 0.25) is 0 Å². The van der Waals surface area contributed by atoms with Crippen LogP contribution in [-0.2, 0) is 13.1 Å². The average Bonchev–Trinajstić information content (AvgIpc) is 2.80. The van der Waals surface area contributed by atoms with Crippen molar-refractivity contribution in [3.63, 3.8) is 0 Å². The van der Waals surface area contributed by atoms with E-state index in [4.69, 9.17) is 6.42 Å². The maximum atomic E-state index is 11.9. The standard InChI is InChI=1S/C12H11BrN4OS/c1-3-4-17-12(18)11(13)10(6-15-17)14-5-9-7-19-8(2)16-9/h1,6-7,14H,4-5H2,2H3. The number of halogens is 1. The Morgan fingerprint density at radius 2 is 2.42 bits per heavy atom. The van der Waals surface area contributed by atoms with Crippen molar-refractivity contribution in [2.24, 2.45) is 0 Å². The normalized spacial score (nSPS) is 10.2. The maximum Gasteiger partial charge on any atom is 0.284 e. The molecule has 0 bridgehead atoms. The van der Waals surface area contributed by atoms with Crippen LogP contribution in [0.5, 0.6) is 0 Å². The van der Waals surface area contributed by atoms with E-state index in [1.165, 1.54) is 4.68 Å². The number of anilines is 1. The second-order valence-electron chi connectivity index (χ2n) is 3.75. The monoisotopic (exact) mass is 338 g/mol. The highest BCUT2D eigenvalue weighted by Gasteiger charge is 2.08. The topological polar surface area (TPSA) is 59.8 Å². The third-order valence-corrected chi connectivity index (χ3v) is 3.94. The van der Waals surface area contributed by atoms with Crippen molar-refractivity contribution >= 4 is 33.0 Å². The van der Waals surface area contributed by atoms with E-state index in [1.54, 1.807) is 17.5 Å². The fourth-order valence-electron chi connectivity index (χ4n) is 1.46. The van der Waals surface area contributed by atoms with Gasteiger partial charge in [0.25, 0.3) is 5.56 Å². The quantitative estimate of drug-likeness (QED) is 0.866. The molecule has 0 unspecified atom stereocenters. The predicted molar refractivity (Wildman–Crippen MR) is 79.2 cm³/mol. The molecule has 0 spiro atoms. The number of thiazole rings is 1.